The zero-order valence-electron chi connectivity index (χ0n) is 17.0. The molecule has 0 saturated carbocycles. The van der Waals surface area contributed by atoms with E-state index in [9.17, 15) is 4.79 Å². The van der Waals surface area contributed by atoms with Gasteiger partial charge in [0.2, 0.25) is 5.82 Å². The Kier molecular flexibility index (Phi) is 5.76. The van der Waals surface area contributed by atoms with Crippen LogP contribution in [0.1, 0.15) is 36.1 Å². The van der Waals surface area contributed by atoms with Gasteiger partial charge in [0.1, 0.15) is 12.0 Å². The molecular formula is C23H19N7O. The van der Waals surface area contributed by atoms with Crippen molar-refractivity contribution >= 4 is 5.91 Å². The number of amides is 1. The number of carbonyl (C=O) groups is 1. The SMILES string of the molecule is CC(C)n1cnnc1-c1cccc(-c2ccnc(C#CNC(=O)c3ccccc3)n2)n1. The Bertz CT molecular complexity index is 1270. The molecule has 4 aromatic rings. The van der Waals surface area contributed by atoms with Crippen LogP contribution in [0.3, 0.4) is 0 Å². The summed E-state index contributed by atoms with van der Waals surface area (Å²) in [7, 11) is 0. The molecule has 8 nitrogen and oxygen atoms in total. The van der Waals surface area contributed by atoms with E-state index in [1.165, 1.54) is 0 Å². The molecule has 0 aliphatic carbocycles. The second kappa shape index (κ2) is 8.97. The zero-order chi connectivity index (χ0) is 21.6. The van der Waals surface area contributed by atoms with Crippen molar-refractivity contribution in [3.63, 3.8) is 0 Å². The molecule has 0 fully saturated rings. The van der Waals surface area contributed by atoms with E-state index >= 15 is 0 Å². The van der Waals surface area contributed by atoms with Gasteiger partial charge in [-0.05, 0) is 50.1 Å². The van der Waals surface area contributed by atoms with Gasteiger partial charge in [0.25, 0.3) is 5.91 Å². The fourth-order valence-corrected chi connectivity index (χ4v) is 2.87. The summed E-state index contributed by atoms with van der Waals surface area (Å²) in [5, 5.41) is 10.7. The molecule has 3 aromatic heterocycles. The molecular weight excluding hydrogens is 390 g/mol. The molecule has 0 aliphatic heterocycles. The Morgan fingerprint density at radius 3 is 2.55 bits per heavy atom. The van der Waals surface area contributed by atoms with E-state index in [0.29, 0.717) is 28.5 Å². The highest BCUT2D eigenvalue weighted by molar-refractivity contribution is 5.95. The van der Waals surface area contributed by atoms with Crippen molar-refractivity contribution in [2.45, 2.75) is 19.9 Å². The Morgan fingerprint density at radius 2 is 1.74 bits per heavy atom. The smallest absolute Gasteiger partial charge is 0.262 e. The molecule has 1 N–H and O–H groups in total. The predicted molar refractivity (Wildman–Crippen MR) is 115 cm³/mol. The largest absolute Gasteiger partial charge is 0.310 e. The number of aromatic nitrogens is 6. The van der Waals surface area contributed by atoms with Crippen LogP contribution >= 0.6 is 0 Å². The van der Waals surface area contributed by atoms with Gasteiger partial charge in [-0.25, -0.2) is 15.0 Å². The monoisotopic (exact) mass is 409 g/mol. The van der Waals surface area contributed by atoms with Gasteiger partial charge < -0.3 is 4.57 Å². The molecule has 0 spiro atoms. The average molecular weight is 409 g/mol. The third-order valence-electron chi connectivity index (χ3n) is 4.41. The second-order valence-corrected chi connectivity index (χ2v) is 6.90. The minimum atomic E-state index is -0.284. The number of rotatable bonds is 4. The van der Waals surface area contributed by atoms with Gasteiger partial charge in [0, 0.05) is 23.8 Å². The summed E-state index contributed by atoms with van der Waals surface area (Å²) in [5.74, 6) is 3.45. The molecule has 0 saturated heterocycles. The van der Waals surface area contributed by atoms with Crippen LogP contribution in [-0.2, 0) is 0 Å². The van der Waals surface area contributed by atoms with Gasteiger partial charge >= 0.3 is 0 Å². The van der Waals surface area contributed by atoms with Gasteiger partial charge in [-0.2, -0.15) is 0 Å². The first-order chi connectivity index (χ1) is 15.1. The quantitative estimate of drug-likeness (QED) is 0.411. The summed E-state index contributed by atoms with van der Waals surface area (Å²) in [6, 6.07) is 19.1. The fourth-order valence-electron chi connectivity index (χ4n) is 2.87. The molecule has 0 atom stereocenters. The minimum Gasteiger partial charge on any atom is -0.310 e. The molecule has 0 unspecified atom stereocenters. The van der Waals surface area contributed by atoms with Crippen molar-refractivity contribution in [2.24, 2.45) is 0 Å². The number of hydrogen-bond acceptors (Lipinski definition) is 6. The summed E-state index contributed by atoms with van der Waals surface area (Å²) in [6.45, 7) is 4.12. The van der Waals surface area contributed by atoms with E-state index in [4.69, 9.17) is 0 Å². The summed E-state index contributed by atoms with van der Waals surface area (Å²) in [5.41, 5.74) is 2.51. The summed E-state index contributed by atoms with van der Waals surface area (Å²) >= 11 is 0. The van der Waals surface area contributed by atoms with Crippen LogP contribution in [0.2, 0.25) is 0 Å². The zero-order valence-corrected chi connectivity index (χ0v) is 17.0. The highest BCUT2D eigenvalue weighted by Gasteiger charge is 2.12. The highest BCUT2D eigenvalue weighted by Crippen LogP contribution is 2.21. The second-order valence-electron chi connectivity index (χ2n) is 6.90. The third kappa shape index (κ3) is 4.62. The molecule has 0 aliphatic rings. The Morgan fingerprint density at radius 1 is 0.968 bits per heavy atom. The van der Waals surface area contributed by atoms with Crippen LogP contribution in [0.25, 0.3) is 22.9 Å². The van der Waals surface area contributed by atoms with Crippen LogP contribution in [0.4, 0.5) is 0 Å². The van der Waals surface area contributed by atoms with Gasteiger partial charge in [0.05, 0.1) is 11.4 Å². The number of carbonyl (C=O) groups excluding carboxylic acids is 1. The topological polar surface area (TPSA) is 98.5 Å². The molecule has 152 valence electrons. The lowest BCUT2D eigenvalue weighted by Gasteiger charge is -2.10. The Labute approximate surface area is 179 Å². The lowest BCUT2D eigenvalue weighted by molar-refractivity contribution is 0.0973. The van der Waals surface area contributed by atoms with Crippen LogP contribution in [0.5, 0.6) is 0 Å². The average Bonchev–Trinajstić information content (AvgIpc) is 3.30. The minimum absolute atomic E-state index is 0.211. The van der Waals surface area contributed by atoms with E-state index in [2.05, 4.69) is 56.3 Å². The van der Waals surface area contributed by atoms with Crippen molar-refractivity contribution in [3.05, 3.63) is 78.5 Å². The molecule has 3 heterocycles. The Balaban J connectivity index is 1.55. The summed E-state index contributed by atoms with van der Waals surface area (Å²) in [4.78, 5) is 25.4. The number of nitrogens with one attached hydrogen (secondary N) is 1. The predicted octanol–water partition coefficient (Wildman–Crippen LogP) is 3.12. The van der Waals surface area contributed by atoms with Crippen molar-refractivity contribution in [1.82, 2.24) is 35.0 Å². The molecule has 4 rings (SSSR count). The lowest BCUT2D eigenvalue weighted by Crippen LogP contribution is -2.17. The van der Waals surface area contributed by atoms with Crippen LogP contribution in [0.15, 0.2) is 67.1 Å². The number of nitrogens with zero attached hydrogens (tertiary/aromatic N) is 6. The van der Waals surface area contributed by atoms with Gasteiger partial charge in [0.15, 0.2) is 5.82 Å². The maximum absolute atomic E-state index is 12.1. The molecule has 1 aromatic carbocycles. The summed E-state index contributed by atoms with van der Waals surface area (Å²) < 4.78 is 1.96. The molecule has 8 heteroatoms. The molecule has 1 amide bonds. The highest BCUT2D eigenvalue weighted by atomic mass is 16.1. The van der Waals surface area contributed by atoms with Crippen molar-refractivity contribution in [2.75, 3.05) is 0 Å². The van der Waals surface area contributed by atoms with Crippen molar-refractivity contribution in [1.29, 1.82) is 0 Å². The van der Waals surface area contributed by atoms with E-state index in [1.807, 2.05) is 28.8 Å². The van der Waals surface area contributed by atoms with Crippen LogP contribution in [0, 0.1) is 12.0 Å². The molecule has 0 radical (unpaired) electrons. The van der Waals surface area contributed by atoms with E-state index in [0.717, 1.165) is 0 Å². The fraction of sp³-hybridized carbons (Fsp3) is 0.130. The van der Waals surface area contributed by atoms with E-state index in [-0.39, 0.29) is 17.8 Å². The first kappa shape index (κ1) is 19.9. The molecule has 0 bridgehead atoms. The van der Waals surface area contributed by atoms with Crippen LogP contribution in [-0.4, -0.2) is 35.6 Å². The van der Waals surface area contributed by atoms with Crippen molar-refractivity contribution < 1.29 is 4.79 Å². The molecule has 31 heavy (non-hydrogen) atoms. The van der Waals surface area contributed by atoms with Crippen LogP contribution < -0.4 is 5.32 Å². The summed E-state index contributed by atoms with van der Waals surface area (Å²) in [6.07, 6.45) is 3.30. The van der Waals surface area contributed by atoms with E-state index in [1.54, 1.807) is 42.9 Å². The normalized spacial score (nSPS) is 10.4. The number of pyridine rings is 1. The van der Waals surface area contributed by atoms with Crippen molar-refractivity contribution in [3.8, 4) is 34.9 Å². The first-order valence-corrected chi connectivity index (χ1v) is 9.68. The number of hydrogen-bond donors (Lipinski definition) is 1. The van der Waals surface area contributed by atoms with Gasteiger partial charge in [-0.3, -0.25) is 10.1 Å². The van der Waals surface area contributed by atoms with Gasteiger partial charge in [-0.1, -0.05) is 24.3 Å². The lowest BCUT2D eigenvalue weighted by atomic mass is 10.2. The number of benzene rings is 1. The van der Waals surface area contributed by atoms with Gasteiger partial charge in [-0.15, -0.1) is 10.2 Å². The maximum Gasteiger partial charge on any atom is 0.262 e. The Hall–Kier alpha value is -4.38. The first-order valence-electron chi connectivity index (χ1n) is 9.68. The third-order valence-corrected chi connectivity index (χ3v) is 4.41. The maximum atomic E-state index is 12.1. The van der Waals surface area contributed by atoms with E-state index < -0.39 is 0 Å². The standard InChI is InChI=1S/C23H19N7O/c1-16(2)30-15-26-29-22(30)20-10-6-9-18(27-20)19-11-13-24-21(28-19)12-14-25-23(31)17-7-4-3-5-8-17/h3-11,13,15-16H,1-2H3,(H,25,31).